The lowest BCUT2D eigenvalue weighted by Gasteiger charge is -2.25. The quantitative estimate of drug-likeness (QED) is 0.0428. The molecule has 0 aromatic rings. The molecule has 2 atom stereocenters. The highest BCUT2D eigenvalue weighted by Gasteiger charge is 2.40. The molecule has 1 heterocycles. The van der Waals surface area contributed by atoms with Crippen LogP contribution in [0.1, 0.15) is 194 Å². The number of hydrogen-bond acceptors (Lipinski definition) is 5. The molecule has 0 aliphatic carbocycles. The molecule has 0 radical (unpaired) electrons. The molecular weight excluding hydrogens is 644 g/mol. The Labute approximate surface area is 316 Å². The van der Waals surface area contributed by atoms with Crippen LogP contribution in [0.25, 0.3) is 0 Å². The first-order valence-corrected chi connectivity index (χ1v) is 21.3. The maximum atomic E-state index is 13.3. The van der Waals surface area contributed by atoms with E-state index in [2.05, 4.69) is 43.1 Å². The van der Waals surface area contributed by atoms with Crippen LogP contribution >= 0.6 is 0 Å². The Morgan fingerprint density at radius 3 is 1.52 bits per heavy atom. The minimum atomic E-state index is -0.215. The van der Waals surface area contributed by atoms with E-state index in [1.54, 1.807) is 0 Å². The number of nitrogens with one attached hydrogen (secondary N) is 1. The third-order valence-electron chi connectivity index (χ3n) is 10.2. The molecule has 294 valence electrons. The van der Waals surface area contributed by atoms with Crippen LogP contribution in [0.5, 0.6) is 0 Å². The summed E-state index contributed by atoms with van der Waals surface area (Å²) in [5.41, 5.74) is 0. The van der Waals surface area contributed by atoms with Crippen LogP contribution in [-0.4, -0.2) is 67.3 Å². The van der Waals surface area contributed by atoms with E-state index in [9.17, 15) is 14.7 Å². The van der Waals surface area contributed by atoms with Crippen molar-refractivity contribution < 1.29 is 36.7 Å². The minimum Gasteiger partial charge on any atom is -1.00 e. The van der Waals surface area contributed by atoms with Crippen LogP contribution in [0.2, 0.25) is 0 Å². The van der Waals surface area contributed by atoms with Gasteiger partial charge in [-0.15, -0.1) is 0 Å². The van der Waals surface area contributed by atoms with E-state index in [-0.39, 0.29) is 36.9 Å². The van der Waals surface area contributed by atoms with Crippen LogP contribution in [0.3, 0.4) is 0 Å². The zero-order valence-corrected chi connectivity index (χ0v) is 33.7. The molecule has 0 amide bonds. The third kappa shape index (κ3) is 28.4. The number of esters is 1. The fourth-order valence-electron chi connectivity index (χ4n) is 7.09. The van der Waals surface area contributed by atoms with Gasteiger partial charge in [0.05, 0.1) is 19.7 Å². The molecule has 1 aliphatic rings. The number of nitrogens with zero attached hydrogens (tertiary/aromatic N) is 1. The number of halogens is 1. The molecule has 2 unspecified atom stereocenters. The SMILES string of the molecule is CCCCCCCC/C=C\CCCCCCCC(=O)OCC[NH+]1CCN(CCO)C1C(=O)CCCCCCC/C=C\CCCCCCCC.[Cl-]. The van der Waals surface area contributed by atoms with E-state index in [1.807, 2.05) is 0 Å². The number of ketones is 1. The number of carbonyl (C=O) groups excluding carboxylic acids is 2. The standard InChI is InChI=1S/C43H80N2O4.ClH/c1-3-5-7-9-11-13-15-17-19-21-23-25-27-29-31-33-41(47)43-44(37-39-46)35-36-45(43)38-40-49-42(48)34-32-30-28-26-24-22-20-18-16-14-12-10-8-6-4-2;/h17-20,43,46H,3-16,21-40H2,1-2H3;1H/b19-17-,20-18-;. The van der Waals surface area contributed by atoms with Gasteiger partial charge in [-0.05, 0) is 64.2 Å². The predicted octanol–water partition coefficient (Wildman–Crippen LogP) is 6.70. The van der Waals surface area contributed by atoms with Crippen LogP contribution in [0.4, 0.5) is 0 Å². The molecule has 0 aromatic carbocycles. The van der Waals surface area contributed by atoms with Crippen molar-refractivity contribution in [2.24, 2.45) is 0 Å². The number of rotatable bonds is 36. The number of carbonyl (C=O) groups is 2. The van der Waals surface area contributed by atoms with Gasteiger partial charge in [0.2, 0.25) is 11.9 Å². The molecule has 1 fully saturated rings. The Morgan fingerprint density at radius 2 is 1.06 bits per heavy atom. The number of ether oxygens (including phenoxy) is 1. The predicted molar refractivity (Wildman–Crippen MR) is 208 cm³/mol. The van der Waals surface area contributed by atoms with Gasteiger partial charge in [-0.25, -0.2) is 4.90 Å². The molecule has 2 N–H and O–H groups in total. The largest absolute Gasteiger partial charge is 1.00 e. The Morgan fingerprint density at radius 1 is 0.640 bits per heavy atom. The van der Waals surface area contributed by atoms with E-state index in [1.165, 1.54) is 146 Å². The lowest BCUT2D eigenvalue weighted by Crippen LogP contribution is -3.16. The Hall–Kier alpha value is -1.21. The van der Waals surface area contributed by atoms with Gasteiger partial charge in [0.25, 0.3) is 0 Å². The summed E-state index contributed by atoms with van der Waals surface area (Å²) in [5.74, 6) is 0.165. The van der Waals surface area contributed by atoms with Crippen LogP contribution in [0, 0.1) is 0 Å². The molecule has 0 aromatic heterocycles. The summed E-state index contributed by atoms with van der Waals surface area (Å²) in [7, 11) is 0. The average Bonchev–Trinajstić information content (AvgIpc) is 3.50. The van der Waals surface area contributed by atoms with Gasteiger partial charge >= 0.3 is 5.97 Å². The summed E-state index contributed by atoms with van der Waals surface area (Å²) >= 11 is 0. The fourth-order valence-corrected chi connectivity index (χ4v) is 7.09. The Bertz CT molecular complexity index is 821. The van der Waals surface area contributed by atoms with Crippen LogP contribution in [-0.2, 0) is 14.3 Å². The van der Waals surface area contributed by atoms with Gasteiger partial charge in [0, 0.05) is 19.4 Å². The number of unbranched alkanes of at least 4 members (excludes halogenated alkanes) is 22. The average molecular weight is 726 g/mol. The lowest BCUT2D eigenvalue weighted by atomic mass is 10.1. The topological polar surface area (TPSA) is 71.3 Å². The summed E-state index contributed by atoms with van der Waals surface area (Å²) in [6.45, 7) is 7.81. The van der Waals surface area contributed by atoms with Crippen molar-refractivity contribution in [1.29, 1.82) is 0 Å². The number of aliphatic hydroxyl groups excluding tert-OH is 1. The molecule has 1 rings (SSSR count). The zero-order valence-electron chi connectivity index (χ0n) is 32.9. The second-order valence-electron chi connectivity index (χ2n) is 14.7. The second kappa shape index (κ2) is 37.5. The van der Waals surface area contributed by atoms with Gasteiger partial charge in [-0.3, -0.25) is 9.59 Å². The molecule has 50 heavy (non-hydrogen) atoms. The number of Topliss-reactive ketones (excluding diaryl/α,β-unsaturated/α-hetero) is 1. The number of hydrogen-bond donors (Lipinski definition) is 2. The maximum absolute atomic E-state index is 13.3. The number of quaternary nitrogens is 1. The summed E-state index contributed by atoms with van der Waals surface area (Å²) in [6.07, 6.45) is 42.8. The minimum absolute atomic E-state index is 0. The number of allylic oxidation sites excluding steroid dienone is 4. The van der Waals surface area contributed by atoms with Crippen molar-refractivity contribution >= 4 is 11.8 Å². The molecule has 7 heteroatoms. The van der Waals surface area contributed by atoms with Gasteiger partial charge in [-0.1, -0.05) is 141 Å². The number of aliphatic hydroxyl groups is 1. The summed E-state index contributed by atoms with van der Waals surface area (Å²) in [5, 5.41) is 9.57. The molecule has 6 nitrogen and oxygen atoms in total. The Kier molecular flexibility index (Phi) is 36.6. The summed E-state index contributed by atoms with van der Waals surface area (Å²) in [6, 6.07) is 0. The normalized spacial score (nSPS) is 16.5. The van der Waals surface area contributed by atoms with Gasteiger partial charge in [0.15, 0.2) is 0 Å². The van der Waals surface area contributed by atoms with Gasteiger partial charge < -0.3 is 27.2 Å². The highest BCUT2D eigenvalue weighted by Crippen LogP contribution is 2.13. The Balaban J connectivity index is 0.0000240. The van der Waals surface area contributed by atoms with Crippen LogP contribution in [0.15, 0.2) is 24.3 Å². The number of β-amino-alcohol motifs (C(OH)–C–C–N with tert-alkyl or cyclic N) is 1. The highest BCUT2D eigenvalue weighted by molar-refractivity contribution is 5.82. The molecule has 0 spiro atoms. The van der Waals surface area contributed by atoms with Crippen LogP contribution < -0.4 is 17.3 Å². The van der Waals surface area contributed by atoms with Crippen molar-refractivity contribution in [3.05, 3.63) is 24.3 Å². The highest BCUT2D eigenvalue weighted by atomic mass is 35.5. The van der Waals surface area contributed by atoms with Crippen molar-refractivity contribution in [1.82, 2.24) is 4.90 Å². The first-order valence-electron chi connectivity index (χ1n) is 21.3. The first-order chi connectivity index (χ1) is 24.1. The van der Waals surface area contributed by atoms with E-state index in [0.29, 0.717) is 32.5 Å². The van der Waals surface area contributed by atoms with Crippen molar-refractivity contribution in [3.8, 4) is 0 Å². The van der Waals surface area contributed by atoms with E-state index < -0.39 is 0 Å². The molecule has 1 aliphatic heterocycles. The van der Waals surface area contributed by atoms with Gasteiger partial charge in [-0.2, -0.15) is 0 Å². The third-order valence-corrected chi connectivity index (χ3v) is 10.2. The van der Waals surface area contributed by atoms with E-state index in [0.717, 1.165) is 38.8 Å². The summed E-state index contributed by atoms with van der Waals surface area (Å²) < 4.78 is 5.58. The van der Waals surface area contributed by atoms with Crippen molar-refractivity contribution in [2.75, 3.05) is 39.4 Å². The molecule has 0 bridgehead atoms. The van der Waals surface area contributed by atoms with Crippen molar-refractivity contribution in [2.45, 2.75) is 200 Å². The molecular formula is C43H81ClN2O4. The zero-order chi connectivity index (χ0) is 35.5. The second-order valence-corrected chi connectivity index (χ2v) is 14.7. The van der Waals surface area contributed by atoms with E-state index >= 15 is 0 Å². The lowest BCUT2D eigenvalue weighted by molar-refractivity contribution is -0.908. The monoisotopic (exact) mass is 725 g/mol. The van der Waals surface area contributed by atoms with Crippen molar-refractivity contribution in [3.63, 3.8) is 0 Å². The smallest absolute Gasteiger partial charge is 0.305 e. The fraction of sp³-hybridized carbons (Fsp3) is 0.860. The molecule has 0 saturated carbocycles. The summed E-state index contributed by atoms with van der Waals surface area (Å²) in [4.78, 5) is 28.9. The van der Waals surface area contributed by atoms with E-state index in [4.69, 9.17) is 4.74 Å². The molecule has 1 saturated heterocycles. The maximum Gasteiger partial charge on any atom is 0.305 e. The first kappa shape index (κ1) is 48.8. The van der Waals surface area contributed by atoms with Gasteiger partial charge in [0.1, 0.15) is 13.2 Å².